The first-order valence-corrected chi connectivity index (χ1v) is 6.89. The monoisotopic (exact) mass is 310 g/mol. The Morgan fingerprint density at radius 2 is 2.29 bits per heavy atom. The molecule has 0 spiro atoms. The standard InChI is InChI=1S/C14H18N4O2.ClH/c1-8(2)12-11-3-10(7-17-14(11)20-18-12)13(19)16-6-9-4-15-5-9;/h3,7-9,15H,4-6H2,1-2H3,(H,16,19);1H. The number of nitrogens with zero attached hydrogens (tertiary/aromatic N) is 2. The number of hydrogen-bond acceptors (Lipinski definition) is 5. The van der Waals surface area contributed by atoms with E-state index < -0.39 is 0 Å². The molecular weight excluding hydrogens is 292 g/mol. The minimum atomic E-state index is -0.0952. The van der Waals surface area contributed by atoms with Crippen molar-refractivity contribution >= 4 is 29.4 Å². The first kappa shape index (κ1) is 15.7. The predicted octanol–water partition coefficient (Wildman–Crippen LogP) is 1.72. The summed E-state index contributed by atoms with van der Waals surface area (Å²) in [6.45, 7) is 6.72. The molecule has 0 unspecified atom stereocenters. The number of carbonyl (C=O) groups excluding carboxylic acids is 1. The SMILES string of the molecule is CC(C)c1noc2ncc(C(=O)NCC3CNC3)cc12.Cl. The zero-order valence-corrected chi connectivity index (χ0v) is 12.9. The predicted molar refractivity (Wildman–Crippen MR) is 81.8 cm³/mol. The van der Waals surface area contributed by atoms with Gasteiger partial charge in [0.15, 0.2) is 0 Å². The summed E-state index contributed by atoms with van der Waals surface area (Å²) in [7, 11) is 0. The number of pyridine rings is 1. The summed E-state index contributed by atoms with van der Waals surface area (Å²) in [6, 6.07) is 1.81. The van der Waals surface area contributed by atoms with E-state index >= 15 is 0 Å². The van der Waals surface area contributed by atoms with Crippen molar-refractivity contribution in [3.05, 3.63) is 23.5 Å². The smallest absolute Gasteiger partial charge is 0.257 e. The number of rotatable bonds is 4. The zero-order valence-electron chi connectivity index (χ0n) is 12.0. The van der Waals surface area contributed by atoms with E-state index in [1.165, 1.54) is 6.20 Å². The van der Waals surface area contributed by atoms with Gasteiger partial charge in [0.05, 0.1) is 16.6 Å². The molecule has 1 fully saturated rings. The van der Waals surface area contributed by atoms with E-state index in [0.717, 1.165) is 24.2 Å². The number of amides is 1. The van der Waals surface area contributed by atoms with Gasteiger partial charge >= 0.3 is 0 Å². The highest BCUT2D eigenvalue weighted by atomic mass is 35.5. The maximum Gasteiger partial charge on any atom is 0.257 e. The average molecular weight is 311 g/mol. The second-order valence-corrected chi connectivity index (χ2v) is 5.53. The Bertz CT molecular complexity index is 637. The third-order valence-electron chi connectivity index (χ3n) is 3.58. The van der Waals surface area contributed by atoms with E-state index in [9.17, 15) is 4.79 Å². The summed E-state index contributed by atoms with van der Waals surface area (Å²) in [5.41, 5.74) is 1.87. The van der Waals surface area contributed by atoms with Gasteiger partial charge in [0.2, 0.25) is 0 Å². The van der Waals surface area contributed by atoms with Crippen LogP contribution in [-0.4, -0.2) is 35.7 Å². The van der Waals surface area contributed by atoms with Gasteiger partial charge in [-0.2, -0.15) is 0 Å². The average Bonchev–Trinajstić information content (AvgIpc) is 2.79. The molecule has 0 radical (unpaired) electrons. The minimum Gasteiger partial charge on any atom is -0.352 e. The highest BCUT2D eigenvalue weighted by molar-refractivity contribution is 5.97. The minimum absolute atomic E-state index is 0. The van der Waals surface area contributed by atoms with Gasteiger partial charge in [-0.05, 0) is 12.0 Å². The molecule has 1 amide bonds. The Labute approximate surface area is 129 Å². The number of aromatic nitrogens is 2. The van der Waals surface area contributed by atoms with Crippen LogP contribution in [0.25, 0.3) is 11.1 Å². The molecule has 2 aromatic rings. The van der Waals surface area contributed by atoms with Crippen molar-refractivity contribution in [3.63, 3.8) is 0 Å². The summed E-state index contributed by atoms with van der Waals surface area (Å²) in [4.78, 5) is 16.3. The van der Waals surface area contributed by atoms with Crippen molar-refractivity contribution < 1.29 is 9.32 Å². The van der Waals surface area contributed by atoms with Gasteiger partial charge in [-0.3, -0.25) is 4.79 Å². The van der Waals surface area contributed by atoms with E-state index in [4.69, 9.17) is 4.52 Å². The molecule has 3 rings (SSSR count). The second-order valence-electron chi connectivity index (χ2n) is 5.53. The molecule has 6 nitrogen and oxygen atoms in total. The van der Waals surface area contributed by atoms with Gasteiger partial charge in [0.1, 0.15) is 0 Å². The van der Waals surface area contributed by atoms with E-state index in [1.807, 2.05) is 19.9 Å². The van der Waals surface area contributed by atoms with Gasteiger partial charge in [-0.15, -0.1) is 12.4 Å². The molecule has 0 aliphatic carbocycles. The molecule has 2 aromatic heterocycles. The summed E-state index contributed by atoms with van der Waals surface area (Å²) in [6.07, 6.45) is 1.53. The van der Waals surface area contributed by atoms with E-state index in [-0.39, 0.29) is 24.2 Å². The number of fused-ring (bicyclic) bond motifs is 1. The Hall–Kier alpha value is -1.66. The number of halogens is 1. The van der Waals surface area contributed by atoms with Crippen LogP contribution in [0.5, 0.6) is 0 Å². The van der Waals surface area contributed by atoms with Gasteiger partial charge in [-0.1, -0.05) is 19.0 Å². The molecular formula is C14H19ClN4O2. The van der Waals surface area contributed by atoms with Crippen LogP contribution < -0.4 is 10.6 Å². The molecule has 114 valence electrons. The second kappa shape index (κ2) is 6.41. The van der Waals surface area contributed by atoms with E-state index in [0.29, 0.717) is 23.7 Å². The Balaban J connectivity index is 0.00000161. The largest absolute Gasteiger partial charge is 0.352 e. The lowest BCUT2D eigenvalue weighted by molar-refractivity contribution is 0.0942. The molecule has 1 saturated heterocycles. The highest BCUT2D eigenvalue weighted by Gasteiger charge is 2.19. The van der Waals surface area contributed by atoms with Crippen LogP contribution in [0, 0.1) is 5.92 Å². The van der Waals surface area contributed by atoms with Gasteiger partial charge in [0.25, 0.3) is 11.6 Å². The molecule has 0 bridgehead atoms. The van der Waals surface area contributed by atoms with Crippen molar-refractivity contribution in [2.24, 2.45) is 5.92 Å². The van der Waals surface area contributed by atoms with Gasteiger partial charge < -0.3 is 15.2 Å². The Kier molecular flexibility index (Phi) is 4.80. The van der Waals surface area contributed by atoms with Crippen molar-refractivity contribution in [3.8, 4) is 0 Å². The third-order valence-corrected chi connectivity index (χ3v) is 3.58. The summed E-state index contributed by atoms with van der Waals surface area (Å²) >= 11 is 0. The summed E-state index contributed by atoms with van der Waals surface area (Å²) in [5.74, 6) is 0.678. The topological polar surface area (TPSA) is 80.0 Å². The summed E-state index contributed by atoms with van der Waals surface area (Å²) in [5, 5.41) is 10.9. The van der Waals surface area contributed by atoms with Crippen LogP contribution in [0.3, 0.4) is 0 Å². The lowest BCUT2D eigenvalue weighted by atomic mass is 10.0. The summed E-state index contributed by atoms with van der Waals surface area (Å²) < 4.78 is 5.17. The van der Waals surface area contributed by atoms with Gasteiger partial charge in [-0.25, -0.2) is 4.98 Å². The van der Waals surface area contributed by atoms with Crippen molar-refractivity contribution in [2.75, 3.05) is 19.6 Å². The molecule has 21 heavy (non-hydrogen) atoms. The fourth-order valence-electron chi connectivity index (χ4n) is 2.22. The first-order chi connectivity index (χ1) is 9.65. The van der Waals surface area contributed by atoms with Gasteiger partial charge in [0, 0.05) is 31.7 Å². The van der Waals surface area contributed by atoms with Crippen LogP contribution in [0.1, 0.15) is 35.8 Å². The highest BCUT2D eigenvalue weighted by Crippen LogP contribution is 2.23. The van der Waals surface area contributed by atoms with Crippen LogP contribution in [0.15, 0.2) is 16.8 Å². The number of nitrogens with one attached hydrogen (secondary N) is 2. The van der Waals surface area contributed by atoms with Crippen molar-refractivity contribution in [1.29, 1.82) is 0 Å². The lowest BCUT2D eigenvalue weighted by Crippen LogP contribution is -2.48. The molecule has 1 aliphatic heterocycles. The normalized spacial score (nSPS) is 14.8. The Morgan fingerprint density at radius 1 is 1.52 bits per heavy atom. The van der Waals surface area contributed by atoms with Crippen LogP contribution in [-0.2, 0) is 0 Å². The quantitative estimate of drug-likeness (QED) is 0.899. The lowest BCUT2D eigenvalue weighted by Gasteiger charge is -2.27. The number of hydrogen-bond donors (Lipinski definition) is 2. The number of carbonyl (C=O) groups is 1. The zero-order chi connectivity index (χ0) is 14.1. The maximum absolute atomic E-state index is 12.1. The van der Waals surface area contributed by atoms with E-state index in [2.05, 4.69) is 20.8 Å². The molecule has 1 aliphatic rings. The first-order valence-electron chi connectivity index (χ1n) is 6.89. The molecule has 2 N–H and O–H groups in total. The fraction of sp³-hybridized carbons (Fsp3) is 0.500. The molecule has 7 heteroatoms. The Morgan fingerprint density at radius 3 is 2.90 bits per heavy atom. The molecule has 3 heterocycles. The van der Waals surface area contributed by atoms with Crippen molar-refractivity contribution in [1.82, 2.24) is 20.8 Å². The molecule has 0 saturated carbocycles. The third kappa shape index (κ3) is 3.16. The van der Waals surface area contributed by atoms with Crippen LogP contribution >= 0.6 is 12.4 Å². The van der Waals surface area contributed by atoms with E-state index in [1.54, 1.807) is 0 Å². The molecule has 0 atom stereocenters. The molecule has 0 aromatic carbocycles. The fourth-order valence-corrected chi connectivity index (χ4v) is 2.22. The van der Waals surface area contributed by atoms with Crippen molar-refractivity contribution in [2.45, 2.75) is 19.8 Å². The van der Waals surface area contributed by atoms with Crippen LogP contribution in [0.2, 0.25) is 0 Å². The van der Waals surface area contributed by atoms with Crippen LogP contribution in [0.4, 0.5) is 0 Å². The maximum atomic E-state index is 12.1.